The van der Waals surface area contributed by atoms with Crippen LogP contribution in [0.3, 0.4) is 0 Å². The number of rotatable bonds is 3. The number of aliphatic hydroxyl groups excluding tert-OH is 1. The number of nitrogens with zero attached hydrogens (tertiary/aromatic N) is 2. The van der Waals surface area contributed by atoms with Crippen LogP contribution >= 0.6 is 0 Å². The highest BCUT2D eigenvalue weighted by Gasteiger charge is 2.19. The molecule has 0 fully saturated rings. The van der Waals surface area contributed by atoms with E-state index in [0.29, 0.717) is 5.82 Å². The molecule has 2 aromatic heterocycles. The number of hydrogen-bond acceptors (Lipinski definition) is 4. The van der Waals surface area contributed by atoms with Gasteiger partial charge in [-0.3, -0.25) is 4.40 Å². The summed E-state index contributed by atoms with van der Waals surface area (Å²) in [6.07, 6.45) is 1.19. The van der Waals surface area contributed by atoms with E-state index in [-0.39, 0.29) is 23.4 Å². The van der Waals surface area contributed by atoms with Crippen molar-refractivity contribution in [2.24, 2.45) is 0 Å². The van der Waals surface area contributed by atoms with Crippen LogP contribution in [0.4, 0.5) is 0 Å². The smallest absolute Gasteiger partial charge is 0.356 e. The minimum Gasteiger partial charge on any atom is -0.506 e. The molecule has 90 valence electrons. The predicted octanol–water partition coefficient (Wildman–Crippen LogP) is 0.661. The Labute approximate surface area is 96.8 Å². The number of fused-ring (bicyclic) bond motifs is 1. The van der Waals surface area contributed by atoms with Crippen LogP contribution in [-0.4, -0.2) is 36.8 Å². The van der Waals surface area contributed by atoms with E-state index < -0.39 is 12.1 Å². The quantitative estimate of drug-likeness (QED) is 0.727. The lowest BCUT2D eigenvalue weighted by molar-refractivity contribution is 0.0692. The fraction of sp³-hybridized carbons (Fsp3) is 0.273. The van der Waals surface area contributed by atoms with Gasteiger partial charge in [0.05, 0.1) is 6.10 Å². The number of imidazole rings is 1. The van der Waals surface area contributed by atoms with E-state index in [4.69, 9.17) is 5.11 Å². The topological polar surface area (TPSA) is 95.1 Å². The third-order valence-electron chi connectivity index (χ3n) is 2.40. The Morgan fingerprint density at radius 3 is 2.88 bits per heavy atom. The summed E-state index contributed by atoms with van der Waals surface area (Å²) in [5.41, 5.74) is -0.0607. The molecule has 0 aromatic carbocycles. The van der Waals surface area contributed by atoms with E-state index in [2.05, 4.69) is 4.98 Å². The molecule has 6 heteroatoms. The molecule has 0 saturated heterocycles. The van der Waals surface area contributed by atoms with Gasteiger partial charge in [0.1, 0.15) is 17.1 Å². The number of aliphatic hydroxyl groups is 1. The monoisotopic (exact) mass is 236 g/mol. The third-order valence-corrected chi connectivity index (χ3v) is 2.40. The van der Waals surface area contributed by atoms with Gasteiger partial charge in [0.15, 0.2) is 5.69 Å². The van der Waals surface area contributed by atoms with Gasteiger partial charge in [-0.05, 0) is 19.1 Å². The molecule has 0 aliphatic rings. The van der Waals surface area contributed by atoms with Crippen molar-refractivity contribution in [1.82, 2.24) is 9.38 Å². The Morgan fingerprint density at radius 2 is 2.29 bits per heavy atom. The SMILES string of the molecule is CC(O)Cc1nc(C(=O)O)c2c(O)cccn12. The summed E-state index contributed by atoms with van der Waals surface area (Å²) in [5, 5.41) is 28.0. The maximum absolute atomic E-state index is 11.0. The van der Waals surface area contributed by atoms with E-state index in [1.165, 1.54) is 10.5 Å². The first-order chi connectivity index (χ1) is 8.00. The molecule has 0 saturated carbocycles. The van der Waals surface area contributed by atoms with Crippen LogP contribution in [-0.2, 0) is 6.42 Å². The second-order valence-corrected chi connectivity index (χ2v) is 3.85. The lowest BCUT2D eigenvalue weighted by Crippen LogP contribution is -2.07. The molecule has 0 radical (unpaired) electrons. The molecule has 0 bridgehead atoms. The molecule has 1 unspecified atom stereocenters. The molecule has 0 amide bonds. The van der Waals surface area contributed by atoms with E-state index in [0.717, 1.165) is 0 Å². The van der Waals surface area contributed by atoms with Gasteiger partial charge < -0.3 is 15.3 Å². The molecule has 0 aliphatic heterocycles. The first-order valence-electron chi connectivity index (χ1n) is 5.11. The van der Waals surface area contributed by atoms with Gasteiger partial charge in [-0.15, -0.1) is 0 Å². The maximum Gasteiger partial charge on any atom is 0.356 e. The third kappa shape index (κ3) is 1.94. The number of aromatic hydroxyl groups is 1. The van der Waals surface area contributed by atoms with Crippen molar-refractivity contribution in [2.75, 3.05) is 0 Å². The maximum atomic E-state index is 11.0. The standard InChI is InChI=1S/C11H12N2O4/c1-6(14)5-8-12-9(11(16)17)10-7(15)3-2-4-13(8)10/h2-4,6,14-15H,5H2,1H3,(H,16,17). The van der Waals surface area contributed by atoms with E-state index in [1.54, 1.807) is 19.2 Å². The van der Waals surface area contributed by atoms with Crippen LogP contribution in [0.1, 0.15) is 23.2 Å². The molecule has 0 spiro atoms. The van der Waals surface area contributed by atoms with Crippen molar-refractivity contribution in [2.45, 2.75) is 19.4 Å². The zero-order valence-corrected chi connectivity index (χ0v) is 9.16. The van der Waals surface area contributed by atoms with Gasteiger partial charge >= 0.3 is 5.97 Å². The summed E-state index contributed by atoms with van der Waals surface area (Å²) >= 11 is 0. The molecular formula is C11H12N2O4. The van der Waals surface area contributed by atoms with Gasteiger partial charge in [-0.25, -0.2) is 9.78 Å². The summed E-state index contributed by atoms with van der Waals surface area (Å²) < 4.78 is 1.48. The lowest BCUT2D eigenvalue weighted by atomic mass is 10.3. The molecule has 1 atom stereocenters. The number of carboxylic acid groups (broad SMARTS) is 1. The summed E-state index contributed by atoms with van der Waals surface area (Å²) in [6.45, 7) is 1.59. The Morgan fingerprint density at radius 1 is 1.59 bits per heavy atom. The van der Waals surface area contributed by atoms with Crippen LogP contribution in [0.25, 0.3) is 5.52 Å². The Balaban J connectivity index is 2.71. The van der Waals surface area contributed by atoms with Crippen molar-refractivity contribution in [3.8, 4) is 5.75 Å². The van der Waals surface area contributed by atoms with Crippen LogP contribution in [0.15, 0.2) is 18.3 Å². The largest absolute Gasteiger partial charge is 0.506 e. The van der Waals surface area contributed by atoms with Crippen molar-refractivity contribution in [3.63, 3.8) is 0 Å². The highest BCUT2D eigenvalue weighted by atomic mass is 16.4. The zero-order valence-electron chi connectivity index (χ0n) is 9.16. The fourth-order valence-corrected chi connectivity index (χ4v) is 1.74. The fourth-order valence-electron chi connectivity index (χ4n) is 1.74. The molecule has 17 heavy (non-hydrogen) atoms. The first kappa shape index (κ1) is 11.4. The van der Waals surface area contributed by atoms with Gasteiger partial charge in [0.2, 0.25) is 0 Å². The molecule has 2 heterocycles. The predicted molar refractivity (Wildman–Crippen MR) is 59.2 cm³/mol. The first-order valence-corrected chi connectivity index (χ1v) is 5.11. The summed E-state index contributed by atoms with van der Waals surface area (Å²) in [7, 11) is 0. The Bertz CT molecular complexity index is 574. The molecule has 6 nitrogen and oxygen atoms in total. The number of carboxylic acids is 1. The normalized spacial score (nSPS) is 12.8. The van der Waals surface area contributed by atoms with E-state index >= 15 is 0 Å². The van der Waals surface area contributed by atoms with Crippen LogP contribution < -0.4 is 0 Å². The Kier molecular flexibility index (Phi) is 2.72. The van der Waals surface area contributed by atoms with Gasteiger partial charge in [0, 0.05) is 12.6 Å². The van der Waals surface area contributed by atoms with Crippen molar-refractivity contribution in [3.05, 3.63) is 29.8 Å². The molecule has 2 aromatic rings. The second kappa shape index (κ2) is 4.06. The van der Waals surface area contributed by atoms with E-state index in [1.807, 2.05) is 0 Å². The summed E-state index contributed by atoms with van der Waals surface area (Å²) in [5.74, 6) is -0.946. The number of pyridine rings is 1. The van der Waals surface area contributed by atoms with Crippen molar-refractivity contribution >= 4 is 11.5 Å². The average molecular weight is 236 g/mol. The average Bonchev–Trinajstić information content (AvgIpc) is 2.58. The number of hydrogen-bond donors (Lipinski definition) is 3. The zero-order chi connectivity index (χ0) is 12.6. The number of aromatic carboxylic acids is 1. The van der Waals surface area contributed by atoms with Crippen LogP contribution in [0, 0.1) is 0 Å². The minimum absolute atomic E-state index is 0.144. The lowest BCUT2D eigenvalue weighted by Gasteiger charge is -2.03. The summed E-state index contributed by atoms with van der Waals surface area (Å²) in [6, 6.07) is 2.98. The van der Waals surface area contributed by atoms with Gasteiger partial charge in [-0.1, -0.05) is 0 Å². The molecule has 3 N–H and O–H groups in total. The number of carbonyl (C=O) groups is 1. The Hall–Kier alpha value is -2.08. The molecule has 2 rings (SSSR count). The second-order valence-electron chi connectivity index (χ2n) is 3.85. The molecule has 0 aliphatic carbocycles. The van der Waals surface area contributed by atoms with E-state index in [9.17, 15) is 15.0 Å². The van der Waals surface area contributed by atoms with Crippen LogP contribution in [0.2, 0.25) is 0 Å². The highest BCUT2D eigenvalue weighted by molar-refractivity contribution is 5.95. The highest BCUT2D eigenvalue weighted by Crippen LogP contribution is 2.23. The number of aromatic nitrogens is 2. The van der Waals surface area contributed by atoms with Crippen molar-refractivity contribution in [1.29, 1.82) is 0 Å². The van der Waals surface area contributed by atoms with Gasteiger partial charge in [-0.2, -0.15) is 0 Å². The van der Waals surface area contributed by atoms with Crippen LogP contribution in [0.5, 0.6) is 5.75 Å². The summed E-state index contributed by atoms with van der Waals surface area (Å²) in [4.78, 5) is 15.0. The van der Waals surface area contributed by atoms with Gasteiger partial charge in [0.25, 0.3) is 0 Å². The van der Waals surface area contributed by atoms with Crippen molar-refractivity contribution < 1.29 is 20.1 Å². The minimum atomic E-state index is -1.21. The molecular weight excluding hydrogens is 224 g/mol.